The highest BCUT2D eigenvalue weighted by Gasteiger charge is 2.30. The van der Waals surface area contributed by atoms with Crippen molar-refractivity contribution in [1.29, 1.82) is 0 Å². The number of carbonyl (C=O) groups excluding carboxylic acids is 2. The molecule has 0 N–H and O–H groups in total. The zero-order chi connectivity index (χ0) is 23.3. The molecule has 2 aliphatic heterocycles. The zero-order valence-corrected chi connectivity index (χ0v) is 23.8. The van der Waals surface area contributed by atoms with Crippen LogP contribution in [0.3, 0.4) is 0 Å². The fraction of sp³-hybridized carbons (Fsp3) is 0.818. The lowest BCUT2D eigenvalue weighted by molar-refractivity contribution is -0.114. The van der Waals surface area contributed by atoms with Crippen LogP contribution in [0, 0.1) is 11.8 Å². The quantitative estimate of drug-likeness (QED) is 0.181. The van der Waals surface area contributed by atoms with Crippen LogP contribution >= 0.6 is 71.5 Å². The van der Waals surface area contributed by atoms with E-state index in [4.69, 9.17) is 33.9 Å². The zero-order valence-electron chi connectivity index (χ0n) is 18.9. The molecular formula is C22H34O4S6. The molecule has 0 saturated carbocycles. The second-order valence-electron chi connectivity index (χ2n) is 7.91. The smallest absolute Gasteiger partial charge is 0.220 e. The van der Waals surface area contributed by atoms with Gasteiger partial charge in [-0.15, -0.1) is 0 Å². The SMILES string of the molecule is CCOC(=S)SC(CCCCC(CC1CCSC1=O)SC(=S)OCC)CC1CCSC1=O. The molecular weight excluding hydrogens is 521 g/mol. The minimum Gasteiger partial charge on any atom is -0.479 e. The summed E-state index contributed by atoms with van der Waals surface area (Å²) < 4.78 is 12.2. The van der Waals surface area contributed by atoms with Crippen molar-refractivity contribution >= 4 is 90.5 Å². The third-order valence-electron chi connectivity index (χ3n) is 5.54. The van der Waals surface area contributed by atoms with Gasteiger partial charge in [0.05, 0.1) is 13.2 Å². The van der Waals surface area contributed by atoms with Crippen molar-refractivity contribution < 1.29 is 19.1 Å². The van der Waals surface area contributed by atoms with Crippen LogP contribution in [0.25, 0.3) is 0 Å². The Morgan fingerprint density at radius 2 is 1.28 bits per heavy atom. The molecule has 4 unspecified atom stereocenters. The van der Waals surface area contributed by atoms with E-state index in [1.54, 1.807) is 23.5 Å². The standard InChI is InChI=1S/C22H34O4S6/c1-3-25-21(27)31-17(13-15-9-11-29-19(15)23)7-5-6-8-18(32-22(28)26-4-2)14-16-10-12-30-20(16)24/h15-18H,3-14H2,1-2H3. The number of thiocarbonyl (C=S) groups is 2. The van der Waals surface area contributed by atoms with Gasteiger partial charge in [0, 0.05) is 33.8 Å². The maximum Gasteiger partial charge on any atom is 0.220 e. The molecule has 0 aliphatic carbocycles. The van der Waals surface area contributed by atoms with E-state index in [0.29, 0.717) is 42.7 Å². The van der Waals surface area contributed by atoms with Crippen LogP contribution in [0.5, 0.6) is 0 Å². The lowest BCUT2D eigenvalue weighted by Crippen LogP contribution is -2.17. The summed E-state index contributed by atoms with van der Waals surface area (Å²) in [6.07, 6.45) is 7.86. The highest BCUT2D eigenvalue weighted by atomic mass is 32.2. The summed E-state index contributed by atoms with van der Waals surface area (Å²) in [6.45, 7) is 5.04. The number of hydrogen-bond donors (Lipinski definition) is 0. The maximum atomic E-state index is 12.1. The van der Waals surface area contributed by atoms with Crippen molar-refractivity contribution in [1.82, 2.24) is 0 Å². The number of carbonyl (C=O) groups is 2. The van der Waals surface area contributed by atoms with Gasteiger partial charge in [-0.2, -0.15) is 0 Å². The van der Waals surface area contributed by atoms with Gasteiger partial charge in [0.15, 0.2) is 10.2 Å². The van der Waals surface area contributed by atoms with Crippen molar-refractivity contribution in [3.8, 4) is 0 Å². The third kappa shape index (κ3) is 10.8. The summed E-state index contributed by atoms with van der Waals surface area (Å²) in [7, 11) is 0. The molecule has 2 aliphatic rings. The van der Waals surface area contributed by atoms with E-state index in [2.05, 4.69) is 0 Å². The van der Waals surface area contributed by atoms with Crippen LogP contribution in [-0.4, -0.2) is 54.2 Å². The number of unbranched alkanes of at least 4 members (excludes halogenated alkanes) is 1. The Bertz CT molecular complexity index is 590. The second-order valence-corrected chi connectivity index (χ2v) is 13.9. The first-order valence-electron chi connectivity index (χ1n) is 11.4. The molecule has 0 aromatic carbocycles. The molecule has 0 radical (unpaired) electrons. The van der Waals surface area contributed by atoms with E-state index in [-0.39, 0.29) is 11.8 Å². The molecule has 2 heterocycles. The maximum absolute atomic E-state index is 12.1. The molecule has 0 bridgehead atoms. The van der Waals surface area contributed by atoms with Crippen LogP contribution < -0.4 is 0 Å². The van der Waals surface area contributed by atoms with Gasteiger partial charge in [-0.3, -0.25) is 9.59 Å². The highest BCUT2D eigenvalue weighted by molar-refractivity contribution is 8.23. The summed E-state index contributed by atoms with van der Waals surface area (Å²) in [4.78, 5) is 24.2. The first-order chi connectivity index (χ1) is 15.4. The Hall–Kier alpha value is 0.520. The first kappa shape index (κ1) is 28.8. The molecule has 2 saturated heterocycles. The molecule has 0 aromatic heterocycles. The van der Waals surface area contributed by atoms with Gasteiger partial charge >= 0.3 is 0 Å². The Morgan fingerprint density at radius 1 is 0.875 bits per heavy atom. The van der Waals surface area contributed by atoms with Crippen molar-refractivity contribution in [3.63, 3.8) is 0 Å². The average Bonchev–Trinajstić information content (AvgIpc) is 3.33. The predicted molar refractivity (Wildman–Crippen MR) is 150 cm³/mol. The van der Waals surface area contributed by atoms with E-state index in [9.17, 15) is 9.59 Å². The Morgan fingerprint density at radius 3 is 1.59 bits per heavy atom. The third-order valence-corrected chi connectivity index (χ3v) is 10.6. The largest absolute Gasteiger partial charge is 0.479 e. The van der Waals surface area contributed by atoms with E-state index in [0.717, 1.165) is 62.9 Å². The number of hydrogen-bond acceptors (Lipinski definition) is 10. The van der Waals surface area contributed by atoms with Crippen molar-refractivity contribution in [2.24, 2.45) is 11.8 Å². The summed E-state index contributed by atoms with van der Waals surface area (Å²) in [5, 5.41) is 1.28. The Kier molecular flexibility index (Phi) is 14.6. The molecule has 0 aromatic rings. The van der Waals surface area contributed by atoms with E-state index in [1.807, 2.05) is 13.8 Å². The summed E-state index contributed by atoms with van der Waals surface area (Å²) in [6, 6.07) is 0. The number of ether oxygens (including phenoxy) is 2. The van der Waals surface area contributed by atoms with Gasteiger partial charge < -0.3 is 9.47 Å². The summed E-state index contributed by atoms with van der Waals surface area (Å²) in [5.41, 5.74) is 0. The summed E-state index contributed by atoms with van der Waals surface area (Å²) >= 11 is 16.9. The molecule has 10 heteroatoms. The molecule has 182 valence electrons. The van der Waals surface area contributed by atoms with Crippen LogP contribution in [0.2, 0.25) is 0 Å². The van der Waals surface area contributed by atoms with Gasteiger partial charge in [0.25, 0.3) is 0 Å². The molecule has 4 nitrogen and oxygen atoms in total. The number of thioether (sulfide) groups is 4. The monoisotopic (exact) mass is 554 g/mol. The second kappa shape index (κ2) is 16.2. The number of rotatable bonds is 13. The van der Waals surface area contributed by atoms with E-state index in [1.165, 1.54) is 23.5 Å². The van der Waals surface area contributed by atoms with Crippen molar-refractivity contribution in [2.75, 3.05) is 24.7 Å². The van der Waals surface area contributed by atoms with Crippen LogP contribution in [0.1, 0.15) is 65.2 Å². The minimum absolute atomic E-state index is 0.152. The average molecular weight is 555 g/mol. The Balaban J connectivity index is 1.84. The van der Waals surface area contributed by atoms with Gasteiger partial charge in [-0.05, 0) is 76.8 Å². The molecule has 0 amide bonds. The van der Waals surface area contributed by atoms with Crippen LogP contribution in [0.15, 0.2) is 0 Å². The van der Waals surface area contributed by atoms with Gasteiger partial charge in [0.1, 0.15) is 0 Å². The van der Waals surface area contributed by atoms with Crippen molar-refractivity contribution in [3.05, 3.63) is 0 Å². The van der Waals surface area contributed by atoms with Crippen molar-refractivity contribution in [2.45, 2.75) is 75.7 Å². The summed E-state index contributed by atoms with van der Waals surface area (Å²) in [5.74, 6) is 2.18. The van der Waals surface area contributed by atoms with Crippen LogP contribution in [0.4, 0.5) is 0 Å². The first-order valence-corrected chi connectivity index (χ1v) is 16.0. The van der Waals surface area contributed by atoms with E-state index < -0.39 is 0 Å². The molecule has 32 heavy (non-hydrogen) atoms. The predicted octanol–water partition coefficient (Wildman–Crippen LogP) is 6.73. The fourth-order valence-corrected chi connectivity index (χ4v) is 9.21. The van der Waals surface area contributed by atoms with Gasteiger partial charge in [0.2, 0.25) is 8.77 Å². The lowest BCUT2D eigenvalue weighted by Gasteiger charge is -2.21. The fourth-order valence-electron chi connectivity index (χ4n) is 3.91. The van der Waals surface area contributed by atoms with Crippen LogP contribution in [-0.2, 0) is 19.1 Å². The lowest BCUT2D eigenvalue weighted by atomic mass is 9.97. The molecule has 2 fully saturated rings. The molecule has 4 atom stereocenters. The molecule has 2 rings (SSSR count). The minimum atomic E-state index is 0.152. The van der Waals surface area contributed by atoms with Gasteiger partial charge in [-0.25, -0.2) is 0 Å². The highest BCUT2D eigenvalue weighted by Crippen LogP contribution is 2.36. The van der Waals surface area contributed by atoms with Gasteiger partial charge in [-0.1, -0.05) is 59.9 Å². The van der Waals surface area contributed by atoms with E-state index >= 15 is 0 Å². The Labute approximate surface area is 220 Å². The normalized spacial score (nSPS) is 22.7. The molecule has 0 spiro atoms. The topological polar surface area (TPSA) is 52.6 Å².